The van der Waals surface area contributed by atoms with Crippen molar-refractivity contribution in [1.82, 2.24) is 14.8 Å². The van der Waals surface area contributed by atoms with E-state index in [0.29, 0.717) is 6.54 Å². The second-order valence-corrected chi connectivity index (χ2v) is 6.68. The Morgan fingerprint density at radius 3 is 3.04 bits per heavy atom. The topological polar surface area (TPSA) is 37.3 Å². The summed E-state index contributed by atoms with van der Waals surface area (Å²) >= 11 is 6.04. The van der Waals surface area contributed by atoms with Crippen LogP contribution >= 0.6 is 11.6 Å². The first-order chi connectivity index (χ1) is 11.2. The quantitative estimate of drug-likeness (QED) is 0.912. The zero-order valence-electron chi connectivity index (χ0n) is 13.6. The number of carbonyl (C=O) groups excluding carboxylic acids is 1. The molecule has 1 aromatic carbocycles. The SMILES string of the molecule is CCNC(=O)[C@@H]1CCCN(CCn2ccc3cc(Cl)ccc32)C1. The minimum atomic E-state index is 0.143. The van der Waals surface area contributed by atoms with E-state index >= 15 is 0 Å². The van der Waals surface area contributed by atoms with Crippen LogP contribution in [0.15, 0.2) is 30.5 Å². The van der Waals surface area contributed by atoms with E-state index in [1.165, 1.54) is 10.9 Å². The fraction of sp³-hybridized carbons (Fsp3) is 0.500. The third-order valence-electron chi connectivity index (χ3n) is 4.62. The van der Waals surface area contributed by atoms with Crippen LogP contribution in [0.3, 0.4) is 0 Å². The molecule has 1 atom stereocenters. The summed E-state index contributed by atoms with van der Waals surface area (Å²) in [5.74, 6) is 0.349. The molecule has 0 saturated carbocycles. The highest BCUT2D eigenvalue weighted by Gasteiger charge is 2.25. The van der Waals surface area contributed by atoms with Crippen molar-refractivity contribution in [2.45, 2.75) is 26.3 Å². The number of hydrogen-bond donors (Lipinski definition) is 1. The fourth-order valence-electron chi connectivity index (χ4n) is 3.41. The van der Waals surface area contributed by atoms with Crippen LogP contribution in [0.4, 0.5) is 0 Å². The van der Waals surface area contributed by atoms with Crippen molar-refractivity contribution < 1.29 is 4.79 Å². The van der Waals surface area contributed by atoms with Gasteiger partial charge in [0.25, 0.3) is 0 Å². The van der Waals surface area contributed by atoms with Gasteiger partial charge in [-0.3, -0.25) is 4.79 Å². The molecule has 1 saturated heterocycles. The average molecular weight is 334 g/mol. The van der Waals surface area contributed by atoms with Crippen molar-refractivity contribution in [2.75, 3.05) is 26.2 Å². The van der Waals surface area contributed by atoms with Crippen LogP contribution in [0.5, 0.6) is 0 Å². The number of halogens is 1. The van der Waals surface area contributed by atoms with Gasteiger partial charge in [-0.2, -0.15) is 0 Å². The van der Waals surface area contributed by atoms with E-state index in [0.717, 1.165) is 44.0 Å². The Morgan fingerprint density at radius 2 is 2.22 bits per heavy atom. The van der Waals surface area contributed by atoms with Crippen molar-refractivity contribution in [1.29, 1.82) is 0 Å². The number of likely N-dealkylation sites (tertiary alicyclic amines) is 1. The number of hydrogen-bond acceptors (Lipinski definition) is 2. The monoisotopic (exact) mass is 333 g/mol. The lowest BCUT2D eigenvalue weighted by molar-refractivity contribution is -0.126. The first-order valence-electron chi connectivity index (χ1n) is 8.42. The van der Waals surface area contributed by atoms with Gasteiger partial charge >= 0.3 is 0 Å². The van der Waals surface area contributed by atoms with Crippen molar-refractivity contribution in [3.63, 3.8) is 0 Å². The number of benzene rings is 1. The molecule has 124 valence electrons. The summed E-state index contributed by atoms with van der Waals surface area (Å²) in [7, 11) is 0. The molecule has 1 aliphatic rings. The van der Waals surface area contributed by atoms with Gasteiger partial charge < -0.3 is 14.8 Å². The number of amides is 1. The van der Waals surface area contributed by atoms with Gasteiger partial charge in [0.15, 0.2) is 0 Å². The molecule has 0 unspecified atom stereocenters. The summed E-state index contributed by atoms with van der Waals surface area (Å²) in [6, 6.07) is 8.12. The number of rotatable bonds is 5. The molecule has 0 spiro atoms. The molecule has 0 aliphatic carbocycles. The number of carbonyl (C=O) groups is 1. The van der Waals surface area contributed by atoms with Crippen LogP contribution in [0.1, 0.15) is 19.8 Å². The van der Waals surface area contributed by atoms with E-state index in [9.17, 15) is 4.79 Å². The normalized spacial score (nSPS) is 19.1. The van der Waals surface area contributed by atoms with Gasteiger partial charge in [0, 0.05) is 48.3 Å². The van der Waals surface area contributed by atoms with Gasteiger partial charge in [-0.1, -0.05) is 11.6 Å². The van der Waals surface area contributed by atoms with Crippen LogP contribution in [0.25, 0.3) is 10.9 Å². The second kappa shape index (κ2) is 7.37. The molecule has 3 rings (SSSR count). The number of fused-ring (bicyclic) bond motifs is 1. The predicted octanol–water partition coefficient (Wildman–Crippen LogP) is 3.14. The van der Waals surface area contributed by atoms with Gasteiger partial charge in [0.1, 0.15) is 0 Å². The highest BCUT2D eigenvalue weighted by molar-refractivity contribution is 6.31. The summed E-state index contributed by atoms with van der Waals surface area (Å²) in [6.07, 6.45) is 4.23. The summed E-state index contributed by atoms with van der Waals surface area (Å²) < 4.78 is 2.27. The molecule has 1 aliphatic heterocycles. The molecule has 0 bridgehead atoms. The number of nitrogens with zero attached hydrogens (tertiary/aromatic N) is 2. The van der Waals surface area contributed by atoms with Gasteiger partial charge in [-0.05, 0) is 50.6 Å². The van der Waals surface area contributed by atoms with Crippen molar-refractivity contribution in [3.05, 3.63) is 35.5 Å². The molecule has 1 N–H and O–H groups in total. The van der Waals surface area contributed by atoms with Gasteiger partial charge in [-0.15, -0.1) is 0 Å². The minimum Gasteiger partial charge on any atom is -0.356 e. The van der Waals surface area contributed by atoms with Gasteiger partial charge in [-0.25, -0.2) is 0 Å². The van der Waals surface area contributed by atoms with Crippen LogP contribution in [-0.2, 0) is 11.3 Å². The summed E-state index contributed by atoms with van der Waals surface area (Å²) in [4.78, 5) is 14.4. The smallest absolute Gasteiger partial charge is 0.224 e. The maximum Gasteiger partial charge on any atom is 0.224 e. The lowest BCUT2D eigenvalue weighted by Crippen LogP contribution is -2.43. The largest absolute Gasteiger partial charge is 0.356 e. The Balaban J connectivity index is 1.60. The van der Waals surface area contributed by atoms with Crippen LogP contribution in [0.2, 0.25) is 5.02 Å². The van der Waals surface area contributed by atoms with E-state index in [-0.39, 0.29) is 11.8 Å². The zero-order valence-corrected chi connectivity index (χ0v) is 14.4. The third kappa shape index (κ3) is 3.88. The lowest BCUT2D eigenvalue weighted by atomic mass is 9.97. The van der Waals surface area contributed by atoms with E-state index in [4.69, 9.17) is 11.6 Å². The highest BCUT2D eigenvalue weighted by Crippen LogP contribution is 2.21. The van der Waals surface area contributed by atoms with E-state index < -0.39 is 0 Å². The standard InChI is InChI=1S/C18H24ClN3O/c1-2-20-18(23)15-4-3-8-21(13-15)10-11-22-9-7-14-12-16(19)5-6-17(14)22/h5-7,9,12,15H,2-4,8,10-11,13H2,1H3,(H,20,23)/t15-/m1/s1. The Labute approximate surface area is 142 Å². The summed E-state index contributed by atoms with van der Waals surface area (Å²) in [6.45, 7) is 6.56. The maximum atomic E-state index is 12.0. The van der Waals surface area contributed by atoms with Crippen molar-refractivity contribution in [3.8, 4) is 0 Å². The van der Waals surface area contributed by atoms with E-state index in [1.807, 2.05) is 19.1 Å². The molecule has 2 aromatic rings. The number of nitrogens with one attached hydrogen (secondary N) is 1. The maximum absolute atomic E-state index is 12.0. The van der Waals surface area contributed by atoms with E-state index in [2.05, 4.69) is 33.1 Å². The Hall–Kier alpha value is -1.52. The minimum absolute atomic E-state index is 0.143. The van der Waals surface area contributed by atoms with Crippen LogP contribution in [-0.4, -0.2) is 41.6 Å². The molecule has 1 aromatic heterocycles. The van der Waals surface area contributed by atoms with Crippen molar-refractivity contribution >= 4 is 28.4 Å². The molecule has 2 heterocycles. The van der Waals surface area contributed by atoms with E-state index in [1.54, 1.807) is 0 Å². The van der Waals surface area contributed by atoms with Gasteiger partial charge in [0.2, 0.25) is 5.91 Å². The molecule has 0 radical (unpaired) electrons. The molecular formula is C18H24ClN3O. The first kappa shape index (κ1) is 16.3. The van der Waals surface area contributed by atoms with Crippen molar-refractivity contribution in [2.24, 2.45) is 5.92 Å². The Bertz CT molecular complexity index is 682. The lowest BCUT2D eigenvalue weighted by Gasteiger charge is -2.32. The first-order valence-corrected chi connectivity index (χ1v) is 8.79. The number of aromatic nitrogens is 1. The molecule has 4 nitrogen and oxygen atoms in total. The number of piperidine rings is 1. The highest BCUT2D eigenvalue weighted by atomic mass is 35.5. The molecule has 5 heteroatoms. The van der Waals surface area contributed by atoms with Gasteiger partial charge in [0.05, 0.1) is 5.92 Å². The van der Waals surface area contributed by atoms with Crippen LogP contribution in [0, 0.1) is 5.92 Å². The molecular weight excluding hydrogens is 310 g/mol. The Morgan fingerprint density at radius 1 is 1.35 bits per heavy atom. The summed E-state index contributed by atoms with van der Waals surface area (Å²) in [5, 5.41) is 4.90. The third-order valence-corrected chi connectivity index (χ3v) is 4.85. The second-order valence-electron chi connectivity index (χ2n) is 6.25. The molecule has 1 amide bonds. The molecule has 1 fully saturated rings. The zero-order chi connectivity index (χ0) is 16.2. The fourth-order valence-corrected chi connectivity index (χ4v) is 3.59. The summed E-state index contributed by atoms with van der Waals surface area (Å²) in [5.41, 5.74) is 1.21. The molecule has 23 heavy (non-hydrogen) atoms. The Kier molecular flexibility index (Phi) is 5.23. The predicted molar refractivity (Wildman–Crippen MR) is 94.8 cm³/mol. The van der Waals surface area contributed by atoms with Crippen LogP contribution < -0.4 is 5.32 Å². The average Bonchev–Trinajstić information content (AvgIpc) is 2.95.